The highest BCUT2D eigenvalue weighted by Crippen LogP contribution is 2.31. The summed E-state index contributed by atoms with van der Waals surface area (Å²) in [7, 11) is 0. The zero-order chi connectivity index (χ0) is 10.0. The van der Waals surface area contributed by atoms with Gasteiger partial charge in [-0.1, -0.05) is 0 Å². The fraction of sp³-hybridized carbons (Fsp3) is 0.286. The molecule has 2 nitrogen and oxygen atoms in total. The number of nitrogens with two attached hydrogens (primary N) is 1. The number of hydrogen-bond acceptors (Lipinski definition) is 2. The van der Waals surface area contributed by atoms with Gasteiger partial charge in [-0.2, -0.15) is 0 Å². The molecule has 0 aliphatic carbocycles. The average molecular weight is 363 g/mol. The molecule has 2 N–H and O–H groups in total. The average Bonchev–Trinajstić information content (AvgIpc) is 2.07. The fourth-order valence-electron chi connectivity index (χ4n) is 0.943. The molecule has 0 bridgehead atoms. The van der Waals surface area contributed by atoms with E-state index >= 15 is 0 Å². The Morgan fingerprint density at radius 2 is 2.23 bits per heavy atom. The van der Waals surface area contributed by atoms with E-state index in [4.69, 9.17) is 5.73 Å². The smallest absolute Gasteiger partial charge is 0.266 e. The minimum Gasteiger partial charge on any atom is -0.326 e. The second-order valence-electron chi connectivity index (χ2n) is 2.29. The van der Waals surface area contributed by atoms with Gasteiger partial charge < -0.3 is 5.73 Å². The van der Waals surface area contributed by atoms with Crippen molar-refractivity contribution in [3.8, 4) is 0 Å². The van der Waals surface area contributed by atoms with Gasteiger partial charge in [-0.15, -0.1) is 0 Å². The van der Waals surface area contributed by atoms with E-state index in [1.54, 1.807) is 0 Å². The van der Waals surface area contributed by atoms with Crippen molar-refractivity contribution in [3.05, 3.63) is 25.5 Å². The minimum atomic E-state index is -2.55. The van der Waals surface area contributed by atoms with Gasteiger partial charge in [0, 0.05) is 16.3 Å². The molecule has 13 heavy (non-hydrogen) atoms. The molecule has 0 saturated carbocycles. The zero-order valence-electron chi connectivity index (χ0n) is 6.40. The molecule has 0 aliphatic heterocycles. The maximum absolute atomic E-state index is 12.5. The Labute approximate surface area is 96.2 Å². The lowest BCUT2D eigenvalue weighted by molar-refractivity contribution is 0.148. The van der Waals surface area contributed by atoms with Crippen LogP contribution in [-0.4, -0.2) is 4.98 Å². The predicted octanol–water partition coefficient (Wildman–Crippen LogP) is 2.85. The number of alkyl halides is 2. The van der Waals surface area contributed by atoms with Crippen LogP contribution in [0.4, 0.5) is 8.78 Å². The van der Waals surface area contributed by atoms with Gasteiger partial charge in [0.2, 0.25) is 0 Å². The van der Waals surface area contributed by atoms with Crippen molar-refractivity contribution >= 4 is 38.5 Å². The minimum absolute atomic E-state index is 0.0963. The van der Waals surface area contributed by atoms with E-state index in [9.17, 15) is 8.78 Å². The normalized spacial score (nSPS) is 10.9. The number of halogens is 4. The molecule has 0 atom stereocenters. The molecule has 0 unspecified atom stereocenters. The summed E-state index contributed by atoms with van der Waals surface area (Å²) in [6.45, 7) is 0.0963. The molecule has 0 amide bonds. The highest BCUT2D eigenvalue weighted by Gasteiger charge is 2.19. The highest BCUT2D eigenvalue weighted by molar-refractivity contribution is 14.1. The topological polar surface area (TPSA) is 38.9 Å². The van der Waals surface area contributed by atoms with Crippen molar-refractivity contribution < 1.29 is 8.78 Å². The van der Waals surface area contributed by atoms with Crippen LogP contribution in [0, 0.1) is 3.57 Å². The SMILES string of the molecule is NCc1c(I)cnc(Br)c1C(F)F. The lowest BCUT2D eigenvalue weighted by atomic mass is 10.1. The first-order valence-corrected chi connectivity index (χ1v) is 5.26. The lowest BCUT2D eigenvalue weighted by Gasteiger charge is -2.09. The van der Waals surface area contributed by atoms with Gasteiger partial charge in [0.1, 0.15) is 4.60 Å². The number of pyridine rings is 1. The van der Waals surface area contributed by atoms with E-state index in [0.29, 0.717) is 9.13 Å². The van der Waals surface area contributed by atoms with Crippen LogP contribution in [0.5, 0.6) is 0 Å². The van der Waals surface area contributed by atoms with E-state index in [1.807, 2.05) is 22.6 Å². The summed E-state index contributed by atoms with van der Waals surface area (Å²) in [6.07, 6.45) is -1.03. The van der Waals surface area contributed by atoms with Crippen molar-refractivity contribution in [1.29, 1.82) is 0 Å². The first-order chi connectivity index (χ1) is 6.07. The number of rotatable bonds is 2. The molecule has 0 fully saturated rings. The Morgan fingerprint density at radius 1 is 1.62 bits per heavy atom. The zero-order valence-corrected chi connectivity index (χ0v) is 10.1. The van der Waals surface area contributed by atoms with Crippen molar-refractivity contribution in [2.45, 2.75) is 13.0 Å². The molecule has 0 spiro atoms. The molecule has 1 aromatic heterocycles. The number of aromatic nitrogens is 1. The molecule has 1 rings (SSSR count). The molecule has 1 heterocycles. The Balaban J connectivity index is 3.35. The molecule has 0 aromatic carbocycles. The lowest BCUT2D eigenvalue weighted by Crippen LogP contribution is -2.06. The van der Waals surface area contributed by atoms with Gasteiger partial charge in [0.25, 0.3) is 6.43 Å². The quantitative estimate of drug-likeness (QED) is 0.649. The maximum atomic E-state index is 12.5. The third kappa shape index (κ3) is 2.35. The molecule has 1 aromatic rings. The van der Waals surface area contributed by atoms with E-state index < -0.39 is 6.43 Å². The standard InChI is InChI=1S/C7H6BrF2IN2/c8-6-5(7(9)10)3(1-12)4(11)2-13-6/h2,7H,1,12H2. The Kier molecular flexibility index (Phi) is 3.99. The molecular formula is C7H6BrF2IN2. The highest BCUT2D eigenvalue weighted by atomic mass is 127. The van der Waals surface area contributed by atoms with Crippen LogP contribution in [0.2, 0.25) is 0 Å². The summed E-state index contributed by atoms with van der Waals surface area (Å²) in [5.74, 6) is 0. The van der Waals surface area contributed by atoms with Crippen molar-refractivity contribution in [2.75, 3.05) is 0 Å². The van der Waals surface area contributed by atoms with Gasteiger partial charge in [0.15, 0.2) is 0 Å². The van der Waals surface area contributed by atoms with Crippen LogP contribution >= 0.6 is 38.5 Å². The summed E-state index contributed by atoms with van der Waals surface area (Å²) in [5, 5.41) is 0. The van der Waals surface area contributed by atoms with E-state index in [-0.39, 0.29) is 16.7 Å². The predicted molar refractivity (Wildman–Crippen MR) is 57.5 cm³/mol. The second kappa shape index (κ2) is 4.61. The van der Waals surface area contributed by atoms with Gasteiger partial charge in [0.05, 0.1) is 5.56 Å². The molecule has 72 valence electrons. The van der Waals surface area contributed by atoms with Crippen molar-refractivity contribution in [2.24, 2.45) is 5.73 Å². The van der Waals surface area contributed by atoms with Gasteiger partial charge in [-0.25, -0.2) is 13.8 Å². The first kappa shape index (κ1) is 11.3. The van der Waals surface area contributed by atoms with Crippen LogP contribution in [0.15, 0.2) is 10.8 Å². The largest absolute Gasteiger partial charge is 0.326 e. The summed E-state index contributed by atoms with van der Waals surface area (Å²) in [5.41, 5.74) is 5.72. The maximum Gasteiger partial charge on any atom is 0.266 e. The van der Waals surface area contributed by atoms with Crippen LogP contribution < -0.4 is 5.73 Å². The molecule has 6 heteroatoms. The summed E-state index contributed by atoms with van der Waals surface area (Å²) in [4.78, 5) is 3.78. The van der Waals surface area contributed by atoms with Crippen LogP contribution in [0.1, 0.15) is 17.6 Å². The third-order valence-corrected chi connectivity index (χ3v) is 3.11. The van der Waals surface area contributed by atoms with Gasteiger partial charge in [-0.05, 0) is 44.1 Å². The van der Waals surface area contributed by atoms with E-state index in [1.165, 1.54) is 6.20 Å². The monoisotopic (exact) mass is 362 g/mol. The molecule has 0 saturated heterocycles. The van der Waals surface area contributed by atoms with Crippen LogP contribution in [-0.2, 0) is 6.54 Å². The van der Waals surface area contributed by atoms with E-state index in [0.717, 1.165) is 0 Å². The fourth-order valence-corrected chi connectivity index (χ4v) is 2.11. The number of hydrogen-bond donors (Lipinski definition) is 1. The summed E-state index contributed by atoms with van der Waals surface area (Å²) in [6, 6.07) is 0. The third-order valence-electron chi connectivity index (χ3n) is 1.55. The van der Waals surface area contributed by atoms with Crippen LogP contribution in [0.25, 0.3) is 0 Å². The Bertz CT molecular complexity index is 320. The summed E-state index contributed by atoms with van der Waals surface area (Å²) < 4.78 is 25.9. The Hall–Kier alpha value is 0.180. The molecular weight excluding hydrogens is 357 g/mol. The van der Waals surface area contributed by atoms with Gasteiger partial charge >= 0.3 is 0 Å². The van der Waals surface area contributed by atoms with E-state index in [2.05, 4.69) is 20.9 Å². The Morgan fingerprint density at radius 3 is 2.62 bits per heavy atom. The van der Waals surface area contributed by atoms with Crippen molar-refractivity contribution in [1.82, 2.24) is 4.98 Å². The van der Waals surface area contributed by atoms with Gasteiger partial charge in [-0.3, -0.25) is 0 Å². The summed E-state index contributed by atoms with van der Waals surface area (Å²) >= 11 is 4.91. The van der Waals surface area contributed by atoms with Crippen LogP contribution in [0.3, 0.4) is 0 Å². The number of nitrogens with zero attached hydrogens (tertiary/aromatic N) is 1. The second-order valence-corrected chi connectivity index (χ2v) is 4.21. The molecule has 0 radical (unpaired) electrons. The van der Waals surface area contributed by atoms with Crippen molar-refractivity contribution in [3.63, 3.8) is 0 Å². The molecule has 0 aliphatic rings. The first-order valence-electron chi connectivity index (χ1n) is 3.39.